The predicted molar refractivity (Wildman–Crippen MR) is 82.8 cm³/mol. The van der Waals surface area contributed by atoms with Gasteiger partial charge in [0.05, 0.1) is 16.7 Å². The smallest absolute Gasteiger partial charge is 0.311 e. The van der Waals surface area contributed by atoms with Crippen molar-refractivity contribution in [2.24, 2.45) is 11.3 Å². The van der Waals surface area contributed by atoms with Crippen molar-refractivity contribution in [3.05, 3.63) is 17.0 Å². The van der Waals surface area contributed by atoms with Crippen molar-refractivity contribution in [2.45, 2.75) is 47.6 Å². The Morgan fingerprint density at radius 2 is 2.00 bits per heavy atom. The highest BCUT2D eigenvalue weighted by atomic mass is 16.4. The molecule has 2 rings (SSSR count). The van der Waals surface area contributed by atoms with Gasteiger partial charge in [0.1, 0.15) is 0 Å². The first-order valence-corrected chi connectivity index (χ1v) is 7.81. The molecule has 1 aliphatic rings. The Labute approximate surface area is 131 Å². The summed E-state index contributed by atoms with van der Waals surface area (Å²) in [6, 6.07) is 0. The van der Waals surface area contributed by atoms with Gasteiger partial charge in [-0.1, -0.05) is 13.8 Å². The average molecular weight is 307 g/mol. The number of carbonyl (C=O) groups excluding carboxylic acids is 1. The summed E-state index contributed by atoms with van der Waals surface area (Å²) in [5.41, 5.74) is 1.34. The first-order valence-electron chi connectivity index (χ1n) is 7.81. The lowest BCUT2D eigenvalue weighted by Crippen LogP contribution is -2.40. The summed E-state index contributed by atoms with van der Waals surface area (Å²) in [5, 5.41) is 14.0. The zero-order chi connectivity index (χ0) is 16.7. The normalized spacial score (nSPS) is 21.6. The van der Waals surface area contributed by atoms with Crippen LogP contribution in [0, 0.1) is 25.2 Å². The number of aromatic nitrogens is 2. The van der Waals surface area contributed by atoms with Gasteiger partial charge in [-0.05, 0) is 33.1 Å². The molecule has 6 nitrogen and oxygen atoms in total. The maximum atomic E-state index is 12.8. The monoisotopic (exact) mass is 307 g/mol. The van der Waals surface area contributed by atoms with Gasteiger partial charge >= 0.3 is 5.97 Å². The maximum Gasteiger partial charge on any atom is 0.311 e. The lowest BCUT2D eigenvalue weighted by atomic mass is 9.76. The van der Waals surface area contributed by atoms with Gasteiger partial charge in [-0.2, -0.15) is 5.10 Å². The van der Waals surface area contributed by atoms with E-state index < -0.39 is 11.4 Å². The summed E-state index contributed by atoms with van der Waals surface area (Å²) >= 11 is 0. The Morgan fingerprint density at radius 1 is 1.36 bits per heavy atom. The van der Waals surface area contributed by atoms with Crippen LogP contribution in [0.15, 0.2) is 0 Å². The summed E-state index contributed by atoms with van der Waals surface area (Å²) < 4.78 is 1.81. The molecule has 0 spiro atoms. The summed E-state index contributed by atoms with van der Waals surface area (Å²) in [4.78, 5) is 26.2. The second-order valence-corrected chi connectivity index (χ2v) is 6.45. The number of aliphatic carboxylic acids is 1. The minimum atomic E-state index is -0.835. The second-order valence-electron chi connectivity index (χ2n) is 6.45. The summed E-state index contributed by atoms with van der Waals surface area (Å²) in [6.45, 7) is 11.0. The molecule has 1 aromatic rings. The van der Waals surface area contributed by atoms with Crippen LogP contribution >= 0.6 is 0 Å². The van der Waals surface area contributed by atoms with E-state index in [-0.39, 0.29) is 18.4 Å². The second kappa shape index (κ2) is 5.74. The molecule has 0 saturated carbocycles. The number of nitrogens with zero attached hydrogens (tertiary/aromatic N) is 3. The lowest BCUT2D eigenvalue weighted by molar-refractivity contribution is -0.150. The van der Waals surface area contributed by atoms with Crippen molar-refractivity contribution in [3.8, 4) is 0 Å². The number of carbonyl (C=O) groups is 2. The lowest BCUT2D eigenvalue weighted by Gasteiger charge is -2.28. The fraction of sp³-hybridized carbons (Fsp3) is 0.688. The number of hydrogen-bond donors (Lipinski definition) is 1. The topological polar surface area (TPSA) is 75.4 Å². The molecule has 6 heteroatoms. The van der Waals surface area contributed by atoms with Crippen LogP contribution in [0.25, 0.3) is 0 Å². The van der Waals surface area contributed by atoms with Crippen molar-refractivity contribution < 1.29 is 14.7 Å². The van der Waals surface area contributed by atoms with Crippen LogP contribution in [0.2, 0.25) is 0 Å². The van der Waals surface area contributed by atoms with Gasteiger partial charge in [-0.25, -0.2) is 0 Å². The van der Waals surface area contributed by atoms with Crippen molar-refractivity contribution in [2.75, 3.05) is 13.1 Å². The molecule has 0 radical (unpaired) electrons. The molecule has 1 amide bonds. The molecule has 1 aliphatic heterocycles. The molecule has 122 valence electrons. The minimum Gasteiger partial charge on any atom is -0.481 e. The quantitative estimate of drug-likeness (QED) is 0.924. The highest BCUT2D eigenvalue weighted by Crippen LogP contribution is 2.39. The van der Waals surface area contributed by atoms with Crippen molar-refractivity contribution in [1.82, 2.24) is 14.7 Å². The molecule has 0 aliphatic carbocycles. The standard InChI is InChI=1S/C16H25N3O3/c1-6-19-12(5)13(11(4)17-19)14(20)18-8-7-16(9-18,10(2)3)15(21)22/h10H,6-9H2,1-5H3,(H,21,22). The van der Waals surface area contributed by atoms with E-state index in [1.165, 1.54) is 0 Å². The van der Waals surface area contributed by atoms with E-state index in [0.717, 1.165) is 5.69 Å². The van der Waals surface area contributed by atoms with Gasteiger partial charge < -0.3 is 10.0 Å². The van der Waals surface area contributed by atoms with Crippen molar-refractivity contribution in [3.63, 3.8) is 0 Å². The average Bonchev–Trinajstić information content (AvgIpc) is 3.01. The van der Waals surface area contributed by atoms with Crippen molar-refractivity contribution in [1.29, 1.82) is 0 Å². The van der Waals surface area contributed by atoms with E-state index in [0.29, 0.717) is 30.8 Å². The molecule has 1 unspecified atom stereocenters. The van der Waals surface area contributed by atoms with Crippen LogP contribution in [-0.4, -0.2) is 44.8 Å². The third kappa shape index (κ3) is 2.40. The van der Waals surface area contributed by atoms with E-state index >= 15 is 0 Å². The zero-order valence-corrected chi connectivity index (χ0v) is 14.0. The van der Waals surface area contributed by atoms with E-state index in [2.05, 4.69) is 5.10 Å². The SMILES string of the molecule is CCn1nc(C)c(C(=O)N2CCC(C(=O)O)(C(C)C)C2)c1C. The highest BCUT2D eigenvalue weighted by molar-refractivity contribution is 5.97. The molecular weight excluding hydrogens is 282 g/mol. The third-order valence-electron chi connectivity index (χ3n) is 5.01. The zero-order valence-electron chi connectivity index (χ0n) is 14.0. The van der Waals surface area contributed by atoms with Gasteiger partial charge in [0, 0.05) is 25.3 Å². The van der Waals surface area contributed by atoms with Crippen molar-refractivity contribution >= 4 is 11.9 Å². The molecule has 22 heavy (non-hydrogen) atoms. The number of hydrogen-bond acceptors (Lipinski definition) is 3. The Morgan fingerprint density at radius 3 is 2.41 bits per heavy atom. The van der Waals surface area contributed by atoms with E-state index in [9.17, 15) is 14.7 Å². The van der Waals surface area contributed by atoms with E-state index in [1.54, 1.807) is 4.90 Å². The van der Waals surface area contributed by atoms with Gasteiger partial charge in [0.25, 0.3) is 5.91 Å². The molecule has 1 atom stereocenters. The number of carboxylic acid groups (broad SMARTS) is 1. The largest absolute Gasteiger partial charge is 0.481 e. The Hall–Kier alpha value is -1.85. The summed E-state index contributed by atoms with van der Waals surface area (Å²) in [6.07, 6.45) is 0.506. The molecule has 1 aromatic heterocycles. The Kier molecular flexibility index (Phi) is 4.31. The van der Waals surface area contributed by atoms with Crippen LogP contribution in [-0.2, 0) is 11.3 Å². The van der Waals surface area contributed by atoms with Gasteiger partial charge in [0.15, 0.2) is 0 Å². The number of likely N-dealkylation sites (tertiary alicyclic amines) is 1. The third-order valence-corrected chi connectivity index (χ3v) is 5.01. The van der Waals surface area contributed by atoms with Crippen LogP contribution in [0.4, 0.5) is 0 Å². The fourth-order valence-corrected chi connectivity index (χ4v) is 3.37. The molecule has 1 N–H and O–H groups in total. The van der Waals surface area contributed by atoms with Crippen LogP contribution in [0.1, 0.15) is 48.9 Å². The first kappa shape index (κ1) is 16.5. The van der Waals surface area contributed by atoms with E-state index in [4.69, 9.17) is 0 Å². The molecule has 1 saturated heterocycles. The van der Waals surface area contributed by atoms with Gasteiger partial charge in [0.2, 0.25) is 0 Å². The number of aryl methyl sites for hydroxylation is 2. The van der Waals surface area contributed by atoms with Crippen LogP contribution in [0.3, 0.4) is 0 Å². The summed E-state index contributed by atoms with van der Waals surface area (Å²) in [5.74, 6) is -0.919. The fourth-order valence-electron chi connectivity index (χ4n) is 3.37. The minimum absolute atomic E-state index is 0.0108. The molecule has 1 fully saturated rings. The predicted octanol–water partition coefficient (Wildman–Crippen LogP) is 2.09. The molecule has 0 bridgehead atoms. The Bertz CT molecular complexity index is 606. The first-order chi connectivity index (χ1) is 10.2. The molecule has 2 heterocycles. The van der Waals surface area contributed by atoms with Crippen LogP contribution in [0.5, 0.6) is 0 Å². The summed E-state index contributed by atoms with van der Waals surface area (Å²) in [7, 11) is 0. The molecular formula is C16H25N3O3. The van der Waals surface area contributed by atoms with Gasteiger partial charge in [-0.15, -0.1) is 0 Å². The highest BCUT2D eigenvalue weighted by Gasteiger charge is 2.48. The maximum absolute atomic E-state index is 12.8. The van der Waals surface area contributed by atoms with E-state index in [1.807, 2.05) is 39.3 Å². The number of amides is 1. The van der Waals surface area contributed by atoms with Crippen LogP contribution < -0.4 is 0 Å². The number of rotatable bonds is 4. The molecule has 0 aromatic carbocycles. The Balaban J connectivity index is 2.30. The number of carboxylic acids is 1. The van der Waals surface area contributed by atoms with Gasteiger partial charge in [-0.3, -0.25) is 14.3 Å².